The number of nitrogens with zero attached hydrogens (tertiary/aromatic N) is 2. The van der Waals surface area contributed by atoms with Gasteiger partial charge >= 0.3 is 0 Å². The largest absolute Gasteiger partial charge is 1.00 e. The predicted octanol–water partition coefficient (Wildman–Crippen LogP) is -1.61. The van der Waals surface area contributed by atoms with Gasteiger partial charge in [0.05, 0.1) is 12.8 Å². The van der Waals surface area contributed by atoms with Crippen LogP contribution in [0.3, 0.4) is 0 Å². The van der Waals surface area contributed by atoms with Gasteiger partial charge in [0, 0.05) is 33.4 Å². The Morgan fingerprint density at radius 2 is 0.875 bits per heavy atom. The molecule has 2 heterocycles. The summed E-state index contributed by atoms with van der Waals surface area (Å²) in [4.78, 5) is 0. The molecule has 4 heteroatoms. The first kappa shape index (κ1) is 27.6. The molecular weight excluding hydrogens is 524 g/mol. The summed E-state index contributed by atoms with van der Waals surface area (Å²) in [6.45, 7) is 10.3. The second kappa shape index (κ2) is 13.9. The molecule has 0 fully saturated rings. The third-order valence-electron chi connectivity index (χ3n) is 4.73. The number of halogens is 2. The van der Waals surface area contributed by atoms with Crippen LogP contribution >= 0.6 is 0 Å². The van der Waals surface area contributed by atoms with Crippen LogP contribution in [0.4, 0.5) is 0 Å². The van der Waals surface area contributed by atoms with E-state index in [2.05, 4.69) is 122 Å². The van der Waals surface area contributed by atoms with E-state index in [1.165, 1.54) is 22.3 Å². The molecule has 3 aromatic rings. The molecule has 3 rings (SSSR count). The third kappa shape index (κ3) is 9.39. The Morgan fingerprint density at radius 1 is 0.562 bits per heavy atom. The van der Waals surface area contributed by atoms with E-state index in [0.29, 0.717) is 0 Å². The van der Waals surface area contributed by atoms with E-state index < -0.39 is 0 Å². The minimum atomic E-state index is 0. The van der Waals surface area contributed by atoms with Crippen molar-refractivity contribution < 1.29 is 43.1 Å². The lowest BCUT2D eigenvalue weighted by Crippen LogP contribution is -3.00. The molecule has 0 saturated heterocycles. The number of aromatic nitrogens is 2. The Bertz CT molecular complexity index is 1010. The number of benzene rings is 1. The van der Waals surface area contributed by atoms with E-state index in [4.69, 9.17) is 0 Å². The summed E-state index contributed by atoms with van der Waals surface area (Å²) in [6, 6.07) is 12.6. The average Bonchev–Trinajstić information content (AvgIpc) is 2.68. The lowest BCUT2D eigenvalue weighted by molar-refractivity contribution is -0.696. The minimum Gasteiger partial charge on any atom is -1.00 e. The van der Waals surface area contributed by atoms with Crippen molar-refractivity contribution in [3.05, 3.63) is 94.6 Å². The van der Waals surface area contributed by atoms with Crippen LogP contribution in [-0.2, 0) is 13.1 Å². The quantitative estimate of drug-likeness (QED) is 0.271. The van der Waals surface area contributed by atoms with Gasteiger partial charge in [0.25, 0.3) is 0 Å². The summed E-state index contributed by atoms with van der Waals surface area (Å²) < 4.78 is 4.43. The summed E-state index contributed by atoms with van der Waals surface area (Å²) >= 11 is 0. The van der Waals surface area contributed by atoms with Crippen LogP contribution in [0.1, 0.15) is 46.2 Å². The van der Waals surface area contributed by atoms with Gasteiger partial charge in [0.15, 0.2) is 37.9 Å². The van der Waals surface area contributed by atoms with Gasteiger partial charge in [-0.15, -0.1) is 0 Å². The molecule has 0 N–H and O–H groups in total. The zero-order chi connectivity index (χ0) is 21.3. The van der Waals surface area contributed by atoms with E-state index in [0.717, 1.165) is 37.1 Å². The summed E-state index contributed by atoms with van der Waals surface area (Å²) in [5.74, 6) is 13.1. The van der Waals surface area contributed by atoms with Gasteiger partial charge in [0.2, 0.25) is 0 Å². The molecule has 1 aromatic carbocycles. The topological polar surface area (TPSA) is 7.76 Å². The van der Waals surface area contributed by atoms with Crippen LogP contribution in [0.5, 0.6) is 0 Å². The third-order valence-corrected chi connectivity index (χ3v) is 4.73. The molecule has 0 unspecified atom stereocenters. The molecule has 0 atom stereocenters. The van der Waals surface area contributed by atoms with Gasteiger partial charge in [-0.05, 0) is 64.1 Å². The molecule has 0 aliphatic carbocycles. The van der Waals surface area contributed by atoms with Crippen molar-refractivity contribution in [2.75, 3.05) is 0 Å². The van der Waals surface area contributed by atoms with Crippen molar-refractivity contribution in [1.82, 2.24) is 0 Å². The SMILES string of the molecule is Cc1cc(C)c[n+](CCC#Cc2ccc(C#CCC[n+]3cc(C)cc(C)c3)cc2)c1.[Br-].[Br-]. The van der Waals surface area contributed by atoms with Crippen LogP contribution in [0.2, 0.25) is 0 Å². The van der Waals surface area contributed by atoms with Crippen molar-refractivity contribution in [3.63, 3.8) is 0 Å². The molecule has 0 aliphatic heterocycles. The van der Waals surface area contributed by atoms with E-state index in [1.54, 1.807) is 0 Å². The molecular formula is C28H30Br2N2. The zero-order valence-electron chi connectivity index (χ0n) is 19.3. The molecule has 0 aliphatic rings. The predicted molar refractivity (Wildman–Crippen MR) is 122 cm³/mol. The first-order chi connectivity index (χ1) is 14.5. The fraction of sp³-hybridized carbons (Fsp3) is 0.286. The lowest BCUT2D eigenvalue weighted by Gasteiger charge is -1.97. The molecule has 166 valence electrons. The summed E-state index contributed by atoms with van der Waals surface area (Å²) in [5.41, 5.74) is 7.22. The molecule has 0 saturated carbocycles. The number of pyridine rings is 2. The van der Waals surface area contributed by atoms with Crippen molar-refractivity contribution in [3.8, 4) is 23.7 Å². The fourth-order valence-electron chi connectivity index (χ4n) is 3.58. The zero-order valence-corrected chi connectivity index (χ0v) is 22.4. The van der Waals surface area contributed by atoms with Gasteiger partial charge in [-0.1, -0.05) is 23.7 Å². The first-order valence-corrected chi connectivity index (χ1v) is 10.5. The van der Waals surface area contributed by atoms with Gasteiger partial charge in [0.1, 0.15) is 0 Å². The van der Waals surface area contributed by atoms with Crippen molar-refractivity contribution in [1.29, 1.82) is 0 Å². The van der Waals surface area contributed by atoms with Crippen molar-refractivity contribution in [2.45, 2.75) is 53.6 Å². The molecule has 0 spiro atoms. The van der Waals surface area contributed by atoms with Crippen LogP contribution < -0.4 is 43.1 Å². The standard InChI is InChI=1S/C28H30N2.2BrH/c1-23-17-24(2)20-29(19-23)15-7-5-9-27-11-13-28(14-12-27)10-6-8-16-30-21-25(3)18-26(4)22-30;;/h11-14,17-22H,7-8,15-16H2,1-4H3;2*1H/q+2;;/p-2. The second-order valence-electron chi connectivity index (χ2n) is 7.94. The first-order valence-electron chi connectivity index (χ1n) is 10.5. The second-order valence-corrected chi connectivity index (χ2v) is 7.94. The Kier molecular flexibility index (Phi) is 12.0. The maximum Gasteiger partial charge on any atom is 0.171 e. The number of rotatable bonds is 4. The molecule has 2 nitrogen and oxygen atoms in total. The number of hydrogen-bond acceptors (Lipinski definition) is 0. The average molecular weight is 554 g/mol. The van der Waals surface area contributed by atoms with Crippen LogP contribution in [0.25, 0.3) is 0 Å². The van der Waals surface area contributed by atoms with Gasteiger partial charge < -0.3 is 34.0 Å². The Hall–Kier alpha value is -2.40. The molecule has 0 radical (unpaired) electrons. The van der Waals surface area contributed by atoms with Crippen LogP contribution in [0, 0.1) is 51.4 Å². The summed E-state index contributed by atoms with van der Waals surface area (Å²) in [6.07, 6.45) is 10.3. The van der Waals surface area contributed by atoms with E-state index in [1.807, 2.05) is 0 Å². The van der Waals surface area contributed by atoms with Gasteiger partial charge in [-0.2, -0.15) is 0 Å². The highest BCUT2D eigenvalue weighted by atomic mass is 79.9. The molecule has 0 amide bonds. The van der Waals surface area contributed by atoms with E-state index in [9.17, 15) is 0 Å². The van der Waals surface area contributed by atoms with Crippen LogP contribution in [0.15, 0.2) is 61.2 Å². The highest BCUT2D eigenvalue weighted by molar-refractivity contribution is 5.41. The smallest absolute Gasteiger partial charge is 0.171 e. The molecule has 2 aromatic heterocycles. The Balaban J connectivity index is 0.00000256. The fourth-order valence-corrected chi connectivity index (χ4v) is 3.58. The lowest BCUT2D eigenvalue weighted by atomic mass is 10.1. The van der Waals surface area contributed by atoms with Crippen molar-refractivity contribution in [2.24, 2.45) is 0 Å². The highest BCUT2D eigenvalue weighted by Crippen LogP contribution is 2.03. The molecule has 32 heavy (non-hydrogen) atoms. The summed E-state index contributed by atoms with van der Waals surface area (Å²) in [7, 11) is 0. The highest BCUT2D eigenvalue weighted by Gasteiger charge is 2.02. The molecule has 0 bridgehead atoms. The Labute approximate surface area is 214 Å². The normalized spacial score (nSPS) is 9.38. The monoisotopic (exact) mass is 552 g/mol. The summed E-state index contributed by atoms with van der Waals surface area (Å²) in [5, 5.41) is 0. The van der Waals surface area contributed by atoms with Crippen molar-refractivity contribution >= 4 is 0 Å². The van der Waals surface area contributed by atoms with Gasteiger partial charge in [-0.25, -0.2) is 9.13 Å². The Morgan fingerprint density at radius 3 is 1.19 bits per heavy atom. The maximum atomic E-state index is 3.28. The van der Waals surface area contributed by atoms with E-state index in [-0.39, 0.29) is 34.0 Å². The number of aryl methyl sites for hydroxylation is 6. The maximum absolute atomic E-state index is 3.28. The van der Waals surface area contributed by atoms with E-state index >= 15 is 0 Å². The minimum absolute atomic E-state index is 0. The van der Waals surface area contributed by atoms with Gasteiger partial charge in [-0.3, -0.25) is 0 Å². The van der Waals surface area contributed by atoms with Crippen LogP contribution in [-0.4, -0.2) is 0 Å². The number of hydrogen-bond donors (Lipinski definition) is 0.